The summed E-state index contributed by atoms with van der Waals surface area (Å²) in [6, 6.07) is 0. The molecule has 31 heavy (non-hydrogen) atoms. The van der Waals surface area contributed by atoms with Crippen molar-refractivity contribution >= 4 is 5.78 Å². The molecule has 0 spiro atoms. The van der Waals surface area contributed by atoms with E-state index in [0.29, 0.717) is 23.2 Å². The van der Waals surface area contributed by atoms with Gasteiger partial charge < -0.3 is 10.2 Å². The summed E-state index contributed by atoms with van der Waals surface area (Å²) in [5.74, 6) is 3.31. The van der Waals surface area contributed by atoms with Gasteiger partial charge in [0.2, 0.25) is 0 Å². The molecule has 8 unspecified atom stereocenters. The lowest BCUT2D eigenvalue weighted by molar-refractivity contribution is -0.111. The zero-order valence-corrected chi connectivity index (χ0v) is 20.1. The van der Waals surface area contributed by atoms with Crippen molar-refractivity contribution in [1.82, 2.24) is 0 Å². The highest BCUT2D eigenvalue weighted by Gasteiger charge is 2.58. The standard InChI is InChI=1S/C28H42O3/c1-18(2)28(31,17-29)15-10-19(3)23-8-9-24-22-7-6-20-16-21(30)11-13-26(20,4)25(22)12-14-27(23,24)5/h10-11,13,15-16,18-19,22-25,29,31H,6-9,12,14,17H2,1-5H3. The molecule has 0 aromatic carbocycles. The second-order valence-electron chi connectivity index (χ2n) is 11.9. The van der Waals surface area contributed by atoms with E-state index in [-0.39, 0.29) is 23.7 Å². The number of hydrogen-bond donors (Lipinski definition) is 2. The molecule has 0 amide bonds. The predicted octanol–water partition coefficient (Wildman–Crippen LogP) is 5.48. The Labute approximate surface area is 188 Å². The molecule has 8 atom stereocenters. The highest BCUT2D eigenvalue weighted by molar-refractivity contribution is 6.01. The minimum Gasteiger partial charge on any atom is -0.393 e. The minimum atomic E-state index is -1.13. The molecule has 0 aromatic heterocycles. The number of fused-ring (bicyclic) bond motifs is 5. The summed E-state index contributed by atoms with van der Waals surface area (Å²) in [5, 5.41) is 20.4. The minimum absolute atomic E-state index is 0.0102. The molecule has 172 valence electrons. The lowest BCUT2D eigenvalue weighted by Gasteiger charge is -2.57. The van der Waals surface area contributed by atoms with E-state index < -0.39 is 5.60 Å². The molecular weight excluding hydrogens is 384 g/mol. The second-order valence-corrected chi connectivity index (χ2v) is 11.9. The quantitative estimate of drug-likeness (QED) is 0.572. The van der Waals surface area contributed by atoms with Gasteiger partial charge in [0, 0.05) is 5.41 Å². The Kier molecular flexibility index (Phi) is 5.92. The Balaban J connectivity index is 1.54. The zero-order valence-electron chi connectivity index (χ0n) is 20.1. The fraction of sp³-hybridized carbons (Fsp3) is 0.750. The van der Waals surface area contributed by atoms with Crippen molar-refractivity contribution in [1.29, 1.82) is 0 Å². The molecule has 0 aliphatic heterocycles. The number of allylic oxidation sites excluding steroid dienone is 5. The molecule has 3 fully saturated rings. The van der Waals surface area contributed by atoms with Crippen LogP contribution in [0.15, 0.2) is 36.0 Å². The number of aliphatic hydroxyl groups excluding tert-OH is 1. The number of ketones is 1. The average Bonchev–Trinajstić information content (AvgIpc) is 3.09. The van der Waals surface area contributed by atoms with Gasteiger partial charge in [0.25, 0.3) is 0 Å². The maximum Gasteiger partial charge on any atom is 0.178 e. The summed E-state index contributed by atoms with van der Waals surface area (Å²) < 4.78 is 0. The topological polar surface area (TPSA) is 57.5 Å². The molecule has 4 aliphatic carbocycles. The molecule has 3 nitrogen and oxygen atoms in total. The monoisotopic (exact) mass is 426 g/mol. The lowest BCUT2D eigenvalue weighted by atomic mass is 9.47. The lowest BCUT2D eigenvalue weighted by Crippen LogP contribution is -2.50. The van der Waals surface area contributed by atoms with Crippen LogP contribution in [0.4, 0.5) is 0 Å². The largest absolute Gasteiger partial charge is 0.393 e. The number of carbonyl (C=O) groups is 1. The molecule has 4 aliphatic rings. The van der Waals surface area contributed by atoms with Gasteiger partial charge >= 0.3 is 0 Å². The van der Waals surface area contributed by atoms with Crippen LogP contribution in [0.2, 0.25) is 0 Å². The Morgan fingerprint density at radius 1 is 1.16 bits per heavy atom. The van der Waals surface area contributed by atoms with Gasteiger partial charge in [-0.05, 0) is 91.6 Å². The van der Waals surface area contributed by atoms with Crippen LogP contribution in [-0.4, -0.2) is 28.2 Å². The molecule has 3 heteroatoms. The van der Waals surface area contributed by atoms with Gasteiger partial charge in [0.15, 0.2) is 5.78 Å². The molecule has 0 bridgehead atoms. The fourth-order valence-electron chi connectivity index (χ4n) is 7.98. The van der Waals surface area contributed by atoms with Crippen molar-refractivity contribution < 1.29 is 15.0 Å². The average molecular weight is 427 g/mol. The van der Waals surface area contributed by atoms with E-state index in [1.807, 2.05) is 26.0 Å². The van der Waals surface area contributed by atoms with E-state index in [0.717, 1.165) is 18.3 Å². The second kappa shape index (κ2) is 7.99. The van der Waals surface area contributed by atoms with Crippen LogP contribution in [0.5, 0.6) is 0 Å². The highest BCUT2D eigenvalue weighted by atomic mass is 16.3. The Bertz CT molecular complexity index is 807. The molecule has 3 saturated carbocycles. The third-order valence-corrected chi connectivity index (χ3v) is 10.2. The van der Waals surface area contributed by atoms with Gasteiger partial charge in [0.1, 0.15) is 5.60 Å². The van der Waals surface area contributed by atoms with E-state index in [1.165, 1.54) is 37.7 Å². The Hall–Kier alpha value is -1.19. The first-order chi connectivity index (χ1) is 14.5. The van der Waals surface area contributed by atoms with Crippen LogP contribution in [-0.2, 0) is 4.79 Å². The predicted molar refractivity (Wildman–Crippen MR) is 125 cm³/mol. The summed E-state index contributed by atoms with van der Waals surface area (Å²) in [7, 11) is 0. The van der Waals surface area contributed by atoms with Gasteiger partial charge in [-0.1, -0.05) is 58.4 Å². The van der Waals surface area contributed by atoms with Gasteiger partial charge in [-0.25, -0.2) is 0 Å². The summed E-state index contributed by atoms with van der Waals surface area (Å²) in [4.78, 5) is 12.0. The van der Waals surface area contributed by atoms with Gasteiger partial charge in [-0.15, -0.1) is 0 Å². The summed E-state index contributed by atoms with van der Waals surface area (Å²) in [5.41, 5.74) is 0.645. The van der Waals surface area contributed by atoms with E-state index in [4.69, 9.17) is 0 Å². The summed E-state index contributed by atoms with van der Waals surface area (Å²) in [6.45, 7) is 10.9. The first-order valence-electron chi connectivity index (χ1n) is 12.5. The van der Waals surface area contributed by atoms with Gasteiger partial charge in [-0.3, -0.25) is 4.79 Å². The van der Waals surface area contributed by atoms with Crippen molar-refractivity contribution in [2.45, 2.75) is 78.7 Å². The molecule has 2 N–H and O–H groups in total. The summed E-state index contributed by atoms with van der Waals surface area (Å²) >= 11 is 0. The van der Waals surface area contributed by atoms with Crippen LogP contribution in [0.1, 0.15) is 73.1 Å². The maximum atomic E-state index is 12.0. The number of hydrogen-bond acceptors (Lipinski definition) is 3. The van der Waals surface area contributed by atoms with Crippen LogP contribution in [0.3, 0.4) is 0 Å². The third kappa shape index (κ3) is 3.60. The summed E-state index contributed by atoms with van der Waals surface area (Å²) in [6.07, 6.45) is 17.3. The molecule has 0 aromatic rings. The number of aliphatic hydroxyl groups is 2. The normalized spacial score (nSPS) is 42.7. The van der Waals surface area contributed by atoms with E-state index in [1.54, 1.807) is 6.08 Å². The number of rotatable bonds is 5. The SMILES string of the molecule is CC(C=CC(O)(CO)C(C)C)C1CCC2C3CCC4=CC(=O)C=CC4(C)C3CCC12C. The fourth-order valence-corrected chi connectivity index (χ4v) is 7.98. The van der Waals surface area contributed by atoms with Crippen LogP contribution in [0, 0.1) is 46.3 Å². The molecular formula is C28H42O3. The molecule has 4 rings (SSSR count). The smallest absolute Gasteiger partial charge is 0.178 e. The molecule has 0 heterocycles. The van der Waals surface area contributed by atoms with Crippen molar-refractivity contribution in [2.75, 3.05) is 6.61 Å². The first-order valence-corrected chi connectivity index (χ1v) is 12.5. The highest BCUT2D eigenvalue weighted by Crippen LogP contribution is 2.67. The van der Waals surface area contributed by atoms with Crippen LogP contribution >= 0.6 is 0 Å². The van der Waals surface area contributed by atoms with Crippen molar-refractivity contribution in [3.05, 3.63) is 36.0 Å². The van der Waals surface area contributed by atoms with E-state index in [2.05, 4.69) is 32.9 Å². The first kappa shape index (κ1) is 23.0. The maximum absolute atomic E-state index is 12.0. The van der Waals surface area contributed by atoms with Crippen molar-refractivity contribution in [3.8, 4) is 0 Å². The van der Waals surface area contributed by atoms with E-state index >= 15 is 0 Å². The third-order valence-electron chi connectivity index (χ3n) is 10.2. The Morgan fingerprint density at radius 2 is 1.90 bits per heavy atom. The molecule has 0 saturated heterocycles. The molecule has 0 radical (unpaired) electrons. The van der Waals surface area contributed by atoms with E-state index in [9.17, 15) is 15.0 Å². The van der Waals surface area contributed by atoms with Gasteiger partial charge in [0.05, 0.1) is 6.61 Å². The van der Waals surface area contributed by atoms with Crippen LogP contribution in [0.25, 0.3) is 0 Å². The van der Waals surface area contributed by atoms with Crippen LogP contribution < -0.4 is 0 Å². The number of carbonyl (C=O) groups excluding carboxylic acids is 1. The van der Waals surface area contributed by atoms with Gasteiger partial charge in [-0.2, -0.15) is 0 Å². The van der Waals surface area contributed by atoms with Crippen molar-refractivity contribution in [3.63, 3.8) is 0 Å². The zero-order chi connectivity index (χ0) is 22.6. The van der Waals surface area contributed by atoms with Crippen molar-refractivity contribution in [2.24, 2.45) is 46.3 Å². The Morgan fingerprint density at radius 3 is 2.58 bits per heavy atom.